The molecule has 0 spiro atoms. The third-order valence-electron chi connectivity index (χ3n) is 9.27. The van der Waals surface area contributed by atoms with Crippen molar-refractivity contribution in [3.63, 3.8) is 0 Å². The Kier molecular flexibility index (Phi) is 5.98. The first-order chi connectivity index (χ1) is 23.7. The van der Waals surface area contributed by atoms with Gasteiger partial charge in [-0.05, 0) is 93.0 Å². The van der Waals surface area contributed by atoms with E-state index < -0.39 is 0 Å². The third kappa shape index (κ3) is 4.38. The van der Waals surface area contributed by atoms with Crippen LogP contribution in [0, 0.1) is 0 Å². The van der Waals surface area contributed by atoms with E-state index >= 15 is 0 Å². The van der Waals surface area contributed by atoms with Gasteiger partial charge >= 0.3 is 0 Å². The van der Waals surface area contributed by atoms with Crippen LogP contribution in [0.5, 0.6) is 0 Å². The molecule has 0 fully saturated rings. The molecule has 0 amide bonds. The van der Waals surface area contributed by atoms with E-state index in [1.54, 1.807) is 17.7 Å². The second kappa shape index (κ2) is 10.7. The van der Waals surface area contributed by atoms with Crippen molar-refractivity contribution in [1.82, 2.24) is 24.9 Å². The number of benzene rings is 6. The highest BCUT2D eigenvalue weighted by atomic mass is 32.1. The van der Waals surface area contributed by atoms with Gasteiger partial charge in [-0.25, -0.2) is 19.9 Å². The minimum absolute atomic E-state index is 0.932. The lowest BCUT2D eigenvalue weighted by atomic mass is 9.91. The van der Waals surface area contributed by atoms with Crippen LogP contribution < -0.4 is 0 Å². The van der Waals surface area contributed by atoms with Crippen molar-refractivity contribution in [2.45, 2.75) is 0 Å². The SMILES string of the molecule is c1cc(-c2ccc3nc[nH]c3c2)nc(-c2ccc3c4ccc(-c5cccc(-c6ccc7ncsc7c6)n5)cc4c4ccccc4c3c2)c1. The smallest absolute Gasteiger partial charge is 0.0931 e. The highest BCUT2D eigenvalue weighted by Crippen LogP contribution is 2.39. The number of imidazole rings is 1. The Morgan fingerprint density at radius 1 is 0.417 bits per heavy atom. The Morgan fingerprint density at radius 2 is 0.938 bits per heavy atom. The largest absolute Gasteiger partial charge is 0.345 e. The van der Waals surface area contributed by atoms with E-state index in [0.717, 1.165) is 61.6 Å². The van der Waals surface area contributed by atoms with Crippen LogP contribution in [0.25, 0.3) is 98.6 Å². The van der Waals surface area contributed by atoms with Gasteiger partial charge in [0.15, 0.2) is 0 Å². The summed E-state index contributed by atoms with van der Waals surface area (Å²) in [5, 5.41) is 7.32. The topological polar surface area (TPSA) is 67.3 Å². The zero-order valence-corrected chi connectivity index (χ0v) is 26.4. The maximum absolute atomic E-state index is 5.11. The summed E-state index contributed by atoms with van der Waals surface area (Å²) in [4.78, 5) is 22.2. The molecule has 48 heavy (non-hydrogen) atoms. The molecule has 10 aromatic rings. The predicted octanol–water partition coefficient (Wildman–Crippen LogP) is 11.1. The maximum atomic E-state index is 5.11. The number of nitrogens with zero attached hydrogens (tertiary/aromatic N) is 4. The standard InChI is InChI=1S/C42H25N5S/c1-2-6-30-29(5-1)33-19-25(35-7-3-9-37(46-35)27-13-17-39-41(21-27)44-23-43-39)11-15-31(33)32-16-12-26(20-34(30)32)36-8-4-10-38(47-36)28-14-18-40-42(22-28)48-24-45-40/h1-24H,(H,43,44). The monoisotopic (exact) mass is 631 g/mol. The molecule has 0 aliphatic rings. The molecule has 4 heterocycles. The predicted molar refractivity (Wildman–Crippen MR) is 199 cm³/mol. The van der Waals surface area contributed by atoms with Gasteiger partial charge in [0.2, 0.25) is 0 Å². The van der Waals surface area contributed by atoms with E-state index in [2.05, 4.69) is 142 Å². The molecular formula is C42H25N5S. The molecule has 0 bridgehead atoms. The molecule has 0 saturated carbocycles. The molecule has 6 heteroatoms. The highest BCUT2D eigenvalue weighted by molar-refractivity contribution is 7.16. The average Bonchev–Trinajstić information content (AvgIpc) is 3.84. The normalized spacial score (nSPS) is 11.8. The zero-order valence-electron chi connectivity index (χ0n) is 25.6. The highest BCUT2D eigenvalue weighted by Gasteiger charge is 2.13. The van der Waals surface area contributed by atoms with Gasteiger partial charge < -0.3 is 4.98 Å². The molecule has 10 rings (SSSR count). The molecule has 6 aromatic carbocycles. The zero-order chi connectivity index (χ0) is 31.6. The van der Waals surface area contributed by atoms with Gasteiger partial charge in [-0.2, -0.15) is 0 Å². The summed E-state index contributed by atoms with van der Waals surface area (Å²) in [6.07, 6.45) is 1.72. The quantitative estimate of drug-likeness (QED) is 0.196. The Labute approximate surface area is 279 Å². The minimum Gasteiger partial charge on any atom is -0.345 e. The van der Waals surface area contributed by atoms with Crippen LogP contribution in [0.1, 0.15) is 0 Å². The van der Waals surface area contributed by atoms with E-state index in [-0.39, 0.29) is 0 Å². The molecule has 0 unspecified atom stereocenters. The molecule has 1 N–H and O–H groups in total. The van der Waals surface area contributed by atoms with Gasteiger partial charge in [0.05, 0.1) is 55.9 Å². The molecule has 0 aliphatic carbocycles. The molecule has 4 aromatic heterocycles. The first kappa shape index (κ1) is 26.9. The van der Waals surface area contributed by atoms with Gasteiger partial charge in [0.25, 0.3) is 0 Å². The van der Waals surface area contributed by atoms with Crippen molar-refractivity contribution < 1.29 is 0 Å². The summed E-state index contributed by atoms with van der Waals surface area (Å²) >= 11 is 1.65. The number of aromatic nitrogens is 5. The molecular weight excluding hydrogens is 607 g/mol. The third-order valence-corrected chi connectivity index (χ3v) is 10.1. The lowest BCUT2D eigenvalue weighted by Crippen LogP contribution is -1.90. The Hall–Kier alpha value is -6.24. The number of fused-ring (bicyclic) bond motifs is 8. The molecule has 0 saturated heterocycles. The number of hydrogen-bond acceptors (Lipinski definition) is 5. The summed E-state index contributed by atoms with van der Waals surface area (Å²) in [5.41, 5.74) is 13.0. The molecule has 224 valence electrons. The molecule has 0 atom stereocenters. The van der Waals surface area contributed by atoms with Crippen LogP contribution in [-0.2, 0) is 0 Å². The average molecular weight is 632 g/mol. The first-order valence-electron chi connectivity index (χ1n) is 15.9. The fourth-order valence-electron chi connectivity index (χ4n) is 6.90. The van der Waals surface area contributed by atoms with Gasteiger partial charge in [0.1, 0.15) is 0 Å². The van der Waals surface area contributed by atoms with Crippen molar-refractivity contribution in [2.24, 2.45) is 0 Å². The van der Waals surface area contributed by atoms with Crippen molar-refractivity contribution in [1.29, 1.82) is 0 Å². The number of rotatable bonds is 4. The van der Waals surface area contributed by atoms with E-state index in [1.165, 1.54) is 37.0 Å². The first-order valence-corrected chi connectivity index (χ1v) is 16.7. The number of thiazole rings is 1. The summed E-state index contributed by atoms with van der Waals surface area (Å²) in [6, 6.07) is 47.3. The molecule has 5 nitrogen and oxygen atoms in total. The van der Waals surface area contributed by atoms with Crippen molar-refractivity contribution in [3.8, 4) is 45.0 Å². The van der Waals surface area contributed by atoms with E-state index in [4.69, 9.17) is 9.97 Å². The van der Waals surface area contributed by atoms with Crippen LogP contribution in [-0.4, -0.2) is 24.9 Å². The van der Waals surface area contributed by atoms with Gasteiger partial charge in [0, 0.05) is 22.3 Å². The van der Waals surface area contributed by atoms with Gasteiger partial charge in [-0.3, -0.25) is 0 Å². The van der Waals surface area contributed by atoms with Crippen LogP contribution in [0.3, 0.4) is 0 Å². The number of H-pyrrole nitrogens is 1. The fourth-order valence-corrected chi connectivity index (χ4v) is 7.61. The summed E-state index contributed by atoms with van der Waals surface area (Å²) in [6.45, 7) is 0. The number of pyridine rings is 2. The second-order valence-corrected chi connectivity index (χ2v) is 12.9. The van der Waals surface area contributed by atoms with E-state index in [1.807, 2.05) is 11.6 Å². The lowest BCUT2D eigenvalue weighted by molar-refractivity contribution is 1.33. The summed E-state index contributed by atoms with van der Waals surface area (Å²) in [7, 11) is 0. The Morgan fingerprint density at radius 3 is 1.56 bits per heavy atom. The van der Waals surface area contributed by atoms with Gasteiger partial charge in [-0.15, -0.1) is 11.3 Å². The van der Waals surface area contributed by atoms with E-state index in [9.17, 15) is 0 Å². The number of nitrogens with one attached hydrogen (secondary N) is 1. The van der Waals surface area contributed by atoms with Crippen molar-refractivity contribution >= 4 is 64.9 Å². The summed E-state index contributed by atoms with van der Waals surface area (Å²) < 4.78 is 1.17. The van der Waals surface area contributed by atoms with Gasteiger partial charge in [-0.1, -0.05) is 72.8 Å². The fraction of sp³-hybridized carbons (Fsp3) is 0. The Balaban J connectivity index is 1.08. The number of aromatic amines is 1. The summed E-state index contributed by atoms with van der Waals surface area (Å²) in [5.74, 6) is 0. The Bertz CT molecular complexity index is 2650. The van der Waals surface area contributed by atoms with Crippen LogP contribution in [0.15, 0.2) is 145 Å². The molecule has 0 radical (unpaired) electrons. The lowest BCUT2D eigenvalue weighted by Gasteiger charge is -2.14. The maximum Gasteiger partial charge on any atom is 0.0931 e. The second-order valence-electron chi connectivity index (χ2n) is 12.1. The molecule has 0 aliphatic heterocycles. The van der Waals surface area contributed by atoms with Crippen LogP contribution in [0.2, 0.25) is 0 Å². The van der Waals surface area contributed by atoms with Crippen molar-refractivity contribution in [3.05, 3.63) is 145 Å². The van der Waals surface area contributed by atoms with Crippen molar-refractivity contribution in [2.75, 3.05) is 0 Å². The minimum atomic E-state index is 0.932. The van der Waals surface area contributed by atoms with Crippen LogP contribution >= 0.6 is 11.3 Å². The van der Waals surface area contributed by atoms with Crippen LogP contribution in [0.4, 0.5) is 0 Å². The van der Waals surface area contributed by atoms with E-state index in [0.29, 0.717) is 0 Å². The number of hydrogen-bond donors (Lipinski definition) is 1.